The number of hydrogen-bond donors (Lipinski definition) is 1. The van der Waals surface area contributed by atoms with Crippen LogP contribution in [0.15, 0.2) is 4.52 Å². The standard InChI is InChI=1S/C13H20N4O3/c1-4-9(5-2)17-12(18)6-10(13(17)19)14-7-11-15-8(3)20-16-11/h9-10,14H,4-7H2,1-3H3. The lowest BCUT2D eigenvalue weighted by molar-refractivity contribution is -0.141. The van der Waals surface area contributed by atoms with Gasteiger partial charge in [0.2, 0.25) is 17.7 Å². The smallest absolute Gasteiger partial charge is 0.247 e. The summed E-state index contributed by atoms with van der Waals surface area (Å²) >= 11 is 0. The number of carbonyl (C=O) groups excluding carboxylic acids is 2. The van der Waals surface area contributed by atoms with E-state index in [1.54, 1.807) is 6.92 Å². The monoisotopic (exact) mass is 280 g/mol. The number of aryl methyl sites for hydroxylation is 1. The van der Waals surface area contributed by atoms with Gasteiger partial charge in [-0.05, 0) is 12.8 Å². The van der Waals surface area contributed by atoms with E-state index in [0.717, 1.165) is 12.8 Å². The fourth-order valence-corrected chi connectivity index (χ4v) is 2.48. The van der Waals surface area contributed by atoms with Crippen molar-refractivity contribution in [2.24, 2.45) is 0 Å². The molecule has 0 spiro atoms. The number of imide groups is 1. The molecule has 1 unspecified atom stereocenters. The number of rotatable bonds is 6. The zero-order valence-electron chi connectivity index (χ0n) is 12.0. The molecule has 1 fully saturated rings. The van der Waals surface area contributed by atoms with Crippen LogP contribution in [-0.2, 0) is 16.1 Å². The van der Waals surface area contributed by atoms with E-state index in [9.17, 15) is 9.59 Å². The highest BCUT2D eigenvalue weighted by Gasteiger charge is 2.41. The summed E-state index contributed by atoms with van der Waals surface area (Å²) in [6.07, 6.45) is 1.77. The Morgan fingerprint density at radius 3 is 2.65 bits per heavy atom. The Morgan fingerprint density at radius 1 is 1.40 bits per heavy atom. The summed E-state index contributed by atoms with van der Waals surface area (Å²) in [5.41, 5.74) is 0. The van der Waals surface area contributed by atoms with Crippen LogP contribution in [-0.4, -0.2) is 38.9 Å². The maximum Gasteiger partial charge on any atom is 0.247 e. The number of carbonyl (C=O) groups is 2. The van der Waals surface area contributed by atoms with Crippen molar-refractivity contribution < 1.29 is 14.1 Å². The fourth-order valence-electron chi connectivity index (χ4n) is 2.48. The molecule has 1 atom stereocenters. The predicted molar refractivity (Wildman–Crippen MR) is 70.5 cm³/mol. The number of nitrogens with one attached hydrogen (secondary N) is 1. The van der Waals surface area contributed by atoms with Crippen LogP contribution in [0.25, 0.3) is 0 Å². The summed E-state index contributed by atoms with van der Waals surface area (Å²) in [6.45, 7) is 5.99. The van der Waals surface area contributed by atoms with Crippen LogP contribution in [0.4, 0.5) is 0 Å². The molecular weight excluding hydrogens is 260 g/mol. The molecule has 1 N–H and O–H groups in total. The maximum absolute atomic E-state index is 12.3. The first kappa shape index (κ1) is 14.6. The molecular formula is C13H20N4O3. The molecule has 7 nitrogen and oxygen atoms in total. The highest BCUT2D eigenvalue weighted by atomic mass is 16.5. The highest BCUT2D eigenvalue weighted by molar-refractivity contribution is 6.05. The Labute approximate surface area is 117 Å². The van der Waals surface area contributed by atoms with Gasteiger partial charge in [-0.3, -0.25) is 19.8 Å². The largest absolute Gasteiger partial charge is 0.340 e. The molecule has 2 heterocycles. The van der Waals surface area contributed by atoms with Gasteiger partial charge in [0.05, 0.1) is 19.0 Å². The predicted octanol–water partition coefficient (Wildman–Crippen LogP) is 0.784. The van der Waals surface area contributed by atoms with Crippen LogP contribution in [0.3, 0.4) is 0 Å². The second-order valence-electron chi connectivity index (χ2n) is 4.94. The third kappa shape index (κ3) is 2.87. The van der Waals surface area contributed by atoms with Crippen molar-refractivity contribution >= 4 is 11.8 Å². The van der Waals surface area contributed by atoms with Crippen molar-refractivity contribution in [3.8, 4) is 0 Å². The van der Waals surface area contributed by atoms with E-state index < -0.39 is 6.04 Å². The number of aromatic nitrogens is 2. The average molecular weight is 280 g/mol. The number of amides is 2. The summed E-state index contributed by atoms with van der Waals surface area (Å²) in [5, 5.41) is 6.78. The van der Waals surface area contributed by atoms with E-state index in [4.69, 9.17) is 4.52 Å². The zero-order valence-corrected chi connectivity index (χ0v) is 12.0. The Morgan fingerprint density at radius 2 is 2.10 bits per heavy atom. The van der Waals surface area contributed by atoms with Gasteiger partial charge >= 0.3 is 0 Å². The Bertz CT molecular complexity index is 496. The molecule has 2 amide bonds. The second-order valence-corrected chi connectivity index (χ2v) is 4.94. The number of likely N-dealkylation sites (tertiary alicyclic amines) is 1. The Balaban J connectivity index is 1.97. The van der Waals surface area contributed by atoms with Gasteiger partial charge < -0.3 is 4.52 Å². The molecule has 0 radical (unpaired) electrons. The minimum absolute atomic E-state index is 0.00535. The summed E-state index contributed by atoms with van der Waals surface area (Å²) in [4.78, 5) is 29.7. The number of nitrogens with zero attached hydrogens (tertiary/aromatic N) is 3. The molecule has 2 rings (SSSR count). The van der Waals surface area contributed by atoms with Crippen molar-refractivity contribution in [2.45, 2.75) is 58.7 Å². The fraction of sp³-hybridized carbons (Fsp3) is 0.692. The first-order chi connectivity index (χ1) is 9.56. The summed E-state index contributed by atoms with van der Waals surface area (Å²) in [5.74, 6) is 0.715. The molecule has 0 saturated carbocycles. The second kappa shape index (κ2) is 6.13. The maximum atomic E-state index is 12.3. The Kier molecular flexibility index (Phi) is 4.49. The molecule has 1 aromatic rings. The minimum Gasteiger partial charge on any atom is -0.340 e. The SMILES string of the molecule is CCC(CC)N1C(=O)CC(NCc2noc(C)n2)C1=O. The first-order valence-corrected chi connectivity index (χ1v) is 6.95. The van der Waals surface area contributed by atoms with Crippen LogP contribution in [0, 0.1) is 6.92 Å². The van der Waals surface area contributed by atoms with Crippen LogP contribution in [0.2, 0.25) is 0 Å². The third-order valence-corrected chi connectivity index (χ3v) is 3.57. The van der Waals surface area contributed by atoms with Gasteiger partial charge in [0, 0.05) is 13.0 Å². The van der Waals surface area contributed by atoms with Crippen LogP contribution >= 0.6 is 0 Å². The molecule has 1 aromatic heterocycles. The number of hydrogen-bond acceptors (Lipinski definition) is 6. The summed E-state index contributed by atoms with van der Waals surface area (Å²) in [6, 6.07) is -0.490. The third-order valence-electron chi connectivity index (χ3n) is 3.57. The van der Waals surface area contributed by atoms with E-state index in [1.807, 2.05) is 13.8 Å². The van der Waals surface area contributed by atoms with Gasteiger partial charge in [-0.15, -0.1) is 0 Å². The molecule has 20 heavy (non-hydrogen) atoms. The van der Waals surface area contributed by atoms with Gasteiger partial charge in [0.25, 0.3) is 0 Å². The lowest BCUT2D eigenvalue weighted by atomic mass is 10.1. The quantitative estimate of drug-likeness (QED) is 0.775. The zero-order chi connectivity index (χ0) is 14.7. The van der Waals surface area contributed by atoms with Gasteiger partial charge in [-0.1, -0.05) is 19.0 Å². The van der Waals surface area contributed by atoms with Gasteiger partial charge in [0.15, 0.2) is 5.82 Å². The molecule has 1 aliphatic heterocycles. The molecule has 0 bridgehead atoms. The molecule has 110 valence electrons. The van der Waals surface area contributed by atoms with Crippen LogP contribution in [0.5, 0.6) is 0 Å². The molecule has 7 heteroatoms. The van der Waals surface area contributed by atoms with Gasteiger partial charge in [-0.25, -0.2) is 0 Å². The van der Waals surface area contributed by atoms with Crippen molar-refractivity contribution in [1.29, 1.82) is 0 Å². The molecule has 0 aromatic carbocycles. The van der Waals surface area contributed by atoms with Crippen molar-refractivity contribution in [1.82, 2.24) is 20.4 Å². The highest BCUT2D eigenvalue weighted by Crippen LogP contribution is 2.20. The lowest BCUT2D eigenvalue weighted by Gasteiger charge is -2.24. The Hall–Kier alpha value is -1.76. The average Bonchev–Trinajstić information content (AvgIpc) is 2.95. The molecule has 1 aliphatic rings. The molecule has 0 aliphatic carbocycles. The lowest BCUT2D eigenvalue weighted by Crippen LogP contribution is -2.43. The van der Waals surface area contributed by atoms with Crippen LogP contribution < -0.4 is 5.32 Å². The van der Waals surface area contributed by atoms with Crippen molar-refractivity contribution in [3.05, 3.63) is 11.7 Å². The van der Waals surface area contributed by atoms with E-state index in [2.05, 4.69) is 15.5 Å². The van der Waals surface area contributed by atoms with E-state index in [-0.39, 0.29) is 24.3 Å². The van der Waals surface area contributed by atoms with E-state index in [0.29, 0.717) is 18.3 Å². The van der Waals surface area contributed by atoms with E-state index in [1.165, 1.54) is 4.90 Å². The van der Waals surface area contributed by atoms with Crippen LogP contribution in [0.1, 0.15) is 44.8 Å². The van der Waals surface area contributed by atoms with Gasteiger partial charge in [-0.2, -0.15) is 4.98 Å². The topological polar surface area (TPSA) is 88.3 Å². The van der Waals surface area contributed by atoms with E-state index >= 15 is 0 Å². The molecule has 1 saturated heterocycles. The summed E-state index contributed by atoms with van der Waals surface area (Å²) in [7, 11) is 0. The normalized spacial score (nSPS) is 19.4. The first-order valence-electron chi connectivity index (χ1n) is 6.95. The summed E-state index contributed by atoms with van der Waals surface area (Å²) < 4.78 is 4.86. The van der Waals surface area contributed by atoms with Crippen molar-refractivity contribution in [2.75, 3.05) is 0 Å². The minimum atomic E-state index is -0.484. The van der Waals surface area contributed by atoms with Gasteiger partial charge in [0.1, 0.15) is 0 Å². The van der Waals surface area contributed by atoms with Crippen molar-refractivity contribution in [3.63, 3.8) is 0 Å².